The number of benzene rings is 1. The lowest BCUT2D eigenvalue weighted by atomic mass is 10.3. The predicted octanol–water partition coefficient (Wildman–Crippen LogP) is 0.0982. The van der Waals surface area contributed by atoms with Crippen LogP contribution in [0.1, 0.15) is 0 Å². The van der Waals surface area contributed by atoms with Gasteiger partial charge in [0.2, 0.25) is 15.9 Å². The largest absolute Gasteiger partial charge is 0.325 e. The van der Waals surface area contributed by atoms with Crippen LogP contribution in [0.15, 0.2) is 29.2 Å². The van der Waals surface area contributed by atoms with Gasteiger partial charge in [-0.1, -0.05) is 12.0 Å². The summed E-state index contributed by atoms with van der Waals surface area (Å²) in [6.45, 7) is 0.358. The third-order valence-corrected chi connectivity index (χ3v) is 4.22. The van der Waals surface area contributed by atoms with E-state index in [1.807, 2.05) is 0 Å². The highest BCUT2D eigenvalue weighted by atomic mass is 32.2. The fraction of sp³-hybridized carbons (Fsp3) is 0.308. The molecule has 0 heterocycles. The van der Waals surface area contributed by atoms with Gasteiger partial charge in [0.1, 0.15) is 0 Å². The van der Waals surface area contributed by atoms with Gasteiger partial charge in [0.25, 0.3) is 0 Å². The molecule has 108 valence electrons. The van der Waals surface area contributed by atoms with E-state index in [9.17, 15) is 13.2 Å². The van der Waals surface area contributed by atoms with Crippen LogP contribution in [-0.2, 0) is 14.8 Å². The van der Waals surface area contributed by atoms with Crippen molar-refractivity contribution in [1.82, 2.24) is 9.62 Å². The molecule has 0 aromatic heterocycles. The van der Waals surface area contributed by atoms with E-state index in [0.717, 1.165) is 4.31 Å². The standard InChI is InChI=1S/C13H17N3O3S/c1-4-8-14-10-13(17)15-11-6-5-7-12(9-11)20(18,19)16(2)3/h1,5-7,9,14H,8,10H2,2-3H3,(H,15,17). The number of anilines is 1. The molecule has 0 fully saturated rings. The fourth-order valence-electron chi connectivity index (χ4n) is 1.40. The van der Waals surface area contributed by atoms with Crippen molar-refractivity contribution in [3.8, 4) is 12.3 Å². The zero-order chi connectivity index (χ0) is 15.2. The summed E-state index contributed by atoms with van der Waals surface area (Å²) in [5.41, 5.74) is 0.417. The minimum Gasteiger partial charge on any atom is -0.325 e. The molecule has 6 nitrogen and oxygen atoms in total. The van der Waals surface area contributed by atoms with Crippen molar-refractivity contribution < 1.29 is 13.2 Å². The molecule has 0 saturated carbocycles. The van der Waals surface area contributed by atoms with E-state index in [1.54, 1.807) is 12.1 Å². The first-order chi connectivity index (χ1) is 9.37. The molecule has 0 aliphatic rings. The molecule has 0 atom stereocenters. The van der Waals surface area contributed by atoms with Gasteiger partial charge >= 0.3 is 0 Å². The van der Waals surface area contributed by atoms with Crippen LogP contribution in [0.4, 0.5) is 5.69 Å². The van der Waals surface area contributed by atoms with Crippen LogP contribution in [0.3, 0.4) is 0 Å². The SMILES string of the molecule is C#CCNCC(=O)Nc1cccc(S(=O)(=O)N(C)C)c1. The number of hydrogen-bond acceptors (Lipinski definition) is 4. The number of hydrogen-bond donors (Lipinski definition) is 2. The van der Waals surface area contributed by atoms with E-state index >= 15 is 0 Å². The molecular formula is C13H17N3O3S. The summed E-state index contributed by atoms with van der Waals surface area (Å²) in [4.78, 5) is 11.7. The molecule has 0 radical (unpaired) electrons. The van der Waals surface area contributed by atoms with E-state index in [2.05, 4.69) is 16.6 Å². The number of carbonyl (C=O) groups is 1. The molecule has 0 aliphatic heterocycles. The number of sulfonamides is 1. The average molecular weight is 295 g/mol. The number of rotatable bonds is 6. The molecule has 0 bridgehead atoms. The summed E-state index contributed by atoms with van der Waals surface area (Å²) >= 11 is 0. The van der Waals surface area contributed by atoms with Crippen molar-refractivity contribution in [2.45, 2.75) is 4.90 Å². The fourth-order valence-corrected chi connectivity index (χ4v) is 2.35. The molecule has 1 aromatic rings. The van der Waals surface area contributed by atoms with E-state index in [-0.39, 0.29) is 17.3 Å². The summed E-state index contributed by atoms with van der Waals surface area (Å²) in [6, 6.07) is 6.07. The molecule has 1 rings (SSSR count). The number of amides is 1. The minimum absolute atomic E-state index is 0.0643. The lowest BCUT2D eigenvalue weighted by Crippen LogP contribution is -2.28. The van der Waals surface area contributed by atoms with Gasteiger partial charge in [0, 0.05) is 19.8 Å². The van der Waals surface area contributed by atoms with Gasteiger partial charge in [0.05, 0.1) is 18.0 Å². The van der Waals surface area contributed by atoms with Gasteiger partial charge in [-0.05, 0) is 18.2 Å². The molecule has 1 aromatic carbocycles. The lowest BCUT2D eigenvalue weighted by Gasteiger charge is -2.12. The smallest absolute Gasteiger partial charge is 0.242 e. The quantitative estimate of drug-likeness (QED) is 0.576. The summed E-state index contributed by atoms with van der Waals surface area (Å²) in [5, 5.41) is 5.34. The van der Waals surface area contributed by atoms with Gasteiger partial charge in [-0.25, -0.2) is 12.7 Å². The average Bonchev–Trinajstić information content (AvgIpc) is 2.39. The molecule has 7 heteroatoms. The summed E-state index contributed by atoms with van der Waals surface area (Å²) < 4.78 is 25.0. The Bertz CT molecular complexity index is 618. The van der Waals surface area contributed by atoms with Gasteiger partial charge in [-0.2, -0.15) is 0 Å². The Labute approximate surface area is 119 Å². The van der Waals surface area contributed by atoms with E-state index < -0.39 is 10.0 Å². The van der Waals surface area contributed by atoms with Crippen molar-refractivity contribution >= 4 is 21.6 Å². The highest BCUT2D eigenvalue weighted by Crippen LogP contribution is 2.17. The minimum atomic E-state index is -3.52. The Hall–Kier alpha value is -1.88. The molecule has 2 N–H and O–H groups in total. The molecule has 1 amide bonds. The molecule has 0 aliphatic carbocycles. The number of nitrogens with zero attached hydrogens (tertiary/aromatic N) is 1. The molecule has 20 heavy (non-hydrogen) atoms. The zero-order valence-electron chi connectivity index (χ0n) is 11.4. The van der Waals surface area contributed by atoms with Gasteiger partial charge < -0.3 is 5.32 Å². The van der Waals surface area contributed by atoms with Crippen molar-refractivity contribution in [2.24, 2.45) is 0 Å². The van der Waals surface area contributed by atoms with Crippen molar-refractivity contribution in [3.63, 3.8) is 0 Å². The zero-order valence-corrected chi connectivity index (χ0v) is 12.2. The first-order valence-corrected chi connectivity index (χ1v) is 7.28. The lowest BCUT2D eigenvalue weighted by molar-refractivity contribution is -0.115. The van der Waals surface area contributed by atoms with Crippen molar-refractivity contribution in [1.29, 1.82) is 0 Å². The summed E-state index contributed by atoms with van der Waals surface area (Å²) in [6.07, 6.45) is 5.05. The van der Waals surface area contributed by atoms with E-state index in [4.69, 9.17) is 6.42 Å². The predicted molar refractivity (Wildman–Crippen MR) is 77.6 cm³/mol. The Kier molecular flexibility index (Phi) is 5.70. The Morgan fingerprint density at radius 1 is 1.40 bits per heavy atom. The van der Waals surface area contributed by atoms with Crippen LogP contribution in [0, 0.1) is 12.3 Å². The van der Waals surface area contributed by atoms with Crippen LogP contribution >= 0.6 is 0 Å². The highest BCUT2D eigenvalue weighted by molar-refractivity contribution is 7.89. The number of carbonyl (C=O) groups excluding carboxylic acids is 1. The van der Waals surface area contributed by atoms with E-state index in [0.29, 0.717) is 12.2 Å². The molecular weight excluding hydrogens is 278 g/mol. The van der Waals surface area contributed by atoms with Crippen LogP contribution in [0.2, 0.25) is 0 Å². The molecule has 0 saturated heterocycles. The summed E-state index contributed by atoms with van der Waals surface area (Å²) in [5.74, 6) is 2.06. The maximum absolute atomic E-state index is 12.0. The second-order valence-corrected chi connectivity index (χ2v) is 6.32. The maximum atomic E-state index is 12.0. The normalized spacial score (nSPS) is 11.1. The van der Waals surface area contributed by atoms with Crippen molar-refractivity contribution in [3.05, 3.63) is 24.3 Å². The van der Waals surface area contributed by atoms with Crippen LogP contribution < -0.4 is 10.6 Å². The number of nitrogens with one attached hydrogen (secondary N) is 2. The maximum Gasteiger partial charge on any atom is 0.242 e. The topological polar surface area (TPSA) is 78.5 Å². The van der Waals surface area contributed by atoms with Crippen molar-refractivity contribution in [2.75, 3.05) is 32.5 Å². The molecule has 0 spiro atoms. The Morgan fingerprint density at radius 3 is 2.70 bits per heavy atom. The third kappa shape index (κ3) is 4.35. The Balaban J connectivity index is 2.80. The second-order valence-electron chi connectivity index (χ2n) is 4.17. The monoisotopic (exact) mass is 295 g/mol. The first kappa shape index (κ1) is 16.2. The Morgan fingerprint density at radius 2 is 2.10 bits per heavy atom. The van der Waals surface area contributed by atoms with Gasteiger partial charge in [0.15, 0.2) is 0 Å². The third-order valence-electron chi connectivity index (χ3n) is 2.41. The van der Waals surface area contributed by atoms with Crippen LogP contribution in [-0.4, -0.2) is 45.8 Å². The first-order valence-electron chi connectivity index (χ1n) is 5.84. The van der Waals surface area contributed by atoms with Crippen LogP contribution in [0.5, 0.6) is 0 Å². The van der Waals surface area contributed by atoms with Gasteiger partial charge in [-0.15, -0.1) is 6.42 Å². The summed E-state index contributed by atoms with van der Waals surface area (Å²) in [7, 11) is -0.619. The van der Waals surface area contributed by atoms with E-state index in [1.165, 1.54) is 26.2 Å². The van der Waals surface area contributed by atoms with Gasteiger partial charge in [-0.3, -0.25) is 10.1 Å². The highest BCUT2D eigenvalue weighted by Gasteiger charge is 2.17. The number of terminal acetylenes is 1. The molecule has 0 unspecified atom stereocenters. The second kappa shape index (κ2) is 7.05. The van der Waals surface area contributed by atoms with Crippen LogP contribution in [0.25, 0.3) is 0 Å².